The Morgan fingerprint density at radius 2 is 1.79 bits per heavy atom. The highest BCUT2D eigenvalue weighted by atomic mass is 16.6. The number of aromatic nitrogens is 1. The van der Waals surface area contributed by atoms with Crippen LogP contribution >= 0.6 is 0 Å². The number of nitro groups is 1. The molecule has 0 fully saturated rings. The van der Waals surface area contributed by atoms with E-state index in [1.165, 1.54) is 18.2 Å². The molecular formula is C25H28N2O6. The van der Waals surface area contributed by atoms with E-state index in [2.05, 4.69) is 4.57 Å². The minimum atomic E-state index is -0.460. The standard InChI is InChI=1S/C25H28N2O6/c1-16-12-22(18(3)26(16)17(2)14-31-4)24(28)15-33-25-11-8-20(27(29)30)13-23(25)19-6-9-21(32-5)10-7-19/h6-13,17H,14-15H2,1-5H3/t17-/m1/s1. The van der Waals surface area contributed by atoms with Crippen molar-refractivity contribution in [3.8, 4) is 22.6 Å². The lowest BCUT2D eigenvalue weighted by molar-refractivity contribution is -0.384. The van der Waals surface area contributed by atoms with E-state index >= 15 is 0 Å². The quantitative estimate of drug-likeness (QED) is 0.240. The van der Waals surface area contributed by atoms with Gasteiger partial charge < -0.3 is 18.8 Å². The lowest BCUT2D eigenvalue weighted by Crippen LogP contribution is -2.16. The Morgan fingerprint density at radius 1 is 1.09 bits per heavy atom. The number of ether oxygens (including phenoxy) is 3. The molecule has 3 rings (SSSR count). The summed E-state index contributed by atoms with van der Waals surface area (Å²) in [5.74, 6) is 0.888. The van der Waals surface area contributed by atoms with Crippen LogP contribution in [0.3, 0.4) is 0 Å². The van der Waals surface area contributed by atoms with Crippen molar-refractivity contribution in [1.82, 2.24) is 4.57 Å². The summed E-state index contributed by atoms with van der Waals surface area (Å²) in [7, 11) is 3.21. The fraction of sp³-hybridized carbons (Fsp3) is 0.320. The summed E-state index contributed by atoms with van der Waals surface area (Å²) < 4.78 is 18.4. The van der Waals surface area contributed by atoms with Crippen LogP contribution in [-0.4, -0.2) is 42.7 Å². The largest absolute Gasteiger partial charge is 0.497 e. The van der Waals surface area contributed by atoms with Crippen molar-refractivity contribution in [3.63, 3.8) is 0 Å². The van der Waals surface area contributed by atoms with Crippen LogP contribution in [0.4, 0.5) is 5.69 Å². The highest BCUT2D eigenvalue weighted by Gasteiger charge is 2.20. The van der Waals surface area contributed by atoms with Crippen molar-refractivity contribution < 1.29 is 23.9 Å². The van der Waals surface area contributed by atoms with Crippen molar-refractivity contribution in [2.24, 2.45) is 0 Å². The first-order valence-corrected chi connectivity index (χ1v) is 10.5. The zero-order valence-electron chi connectivity index (χ0n) is 19.5. The van der Waals surface area contributed by atoms with Crippen molar-refractivity contribution >= 4 is 11.5 Å². The number of hydrogen-bond donors (Lipinski definition) is 0. The van der Waals surface area contributed by atoms with E-state index in [1.807, 2.05) is 26.8 Å². The number of rotatable bonds is 10. The van der Waals surface area contributed by atoms with Crippen LogP contribution in [0.25, 0.3) is 11.1 Å². The second kappa shape index (κ2) is 10.3. The number of aryl methyl sites for hydroxylation is 1. The number of non-ortho nitro benzene ring substituents is 1. The van der Waals surface area contributed by atoms with E-state index in [0.717, 1.165) is 11.4 Å². The number of carbonyl (C=O) groups is 1. The van der Waals surface area contributed by atoms with Crippen molar-refractivity contribution in [2.45, 2.75) is 26.8 Å². The molecule has 0 radical (unpaired) electrons. The normalized spacial score (nSPS) is 11.8. The second-order valence-corrected chi connectivity index (χ2v) is 7.84. The summed E-state index contributed by atoms with van der Waals surface area (Å²) in [5, 5.41) is 11.3. The third kappa shape index (κ3) is 5.23. The van der Waals surface area contributed by atoms with Gasteiger partial charge in [0.1, 0.15) is 11.5 Å². The molecule has 0 N–H and O–H groups in total. The molecule has 33 heavy (non-hydrogen) atoms. The van der Waals surface area contributed by atoms with Gasteiger partial charge in [-0.3, -0.25) is 14.9 Å². The first kappa shape index (κ1) is 24.0. The molecule has 0 saturated carbocycles. The molecule has 1 heterocycles. The molecule has 0 amide bonds. The van der Waals surface area contributed by atoms with Gasteiger partial charge in [-0.05, 0) is 50.6 Å². The molecule has 0 bridgehead atoms. The zero-order valence-corrected chi connectivity index (χ0v) is 19.5. The number of Topliss-reactive ketones (excluding diaryl/α,β-unsaturated/α-hetero) is 1. The number of carbonyl (C=O) groups excluding carboxylic acids is 1. The van der Waals surface area contributed by atoms with Crippen molar-refractivity contribution in [3.05, 3.63) is 75.6 Å². The smallest absolute Gasteiger partial charge is 0.270 e. The Morgan fingerprint density at radius 3 is 2.39 bits per heavy atom. The summed E-state index contributed by atoms with van der Waals surface area (Å²) >= 11 is 0. The molecule has 174 valence electrons. The van der Waals surface area contributed by atoms with E-state index in [0.29, 0.717) is 34.8 Å². The maximum absolute atomic E-state index is 13.0. The van der Waals surface area contributed by atoms with Crippen molar-refractivity contribution in [2.75, 3.05) is 27.4 Å². The minimum Gasteiger partial charge on any atom is -0.497 e. The Hall–Kier alpha value is -3.65. The second-order valence-electron chi connectivity index (χ2n) is 7.84. The number of nitro benzene ring substituents is 1. The predicted molar refractivity (Wildman–Crippen MR) is 125 cm³/mol. The molecule has 0 unspecified atom stereocenters. The van der Waals surface area contributed by atoms with Crippen LogP contribution in [0, 0.1) is 24.0 Å². The van der Waals surface area contributed by atoms with E-state index in [4.69, 9.17) is 14.2 Å². The lowest BCUT2D eigenvalue weighted by atomic mass is 10.0. The molecule has 0 aliphatic carbocycles. The van der Waals surface area contributed by atoms with Gasteiger partial charge in [-0.15, -0.1) is 0 Å². The van der Waals surface area contributed by atoms with Crippen LogP contribution in [-0.2, 0) is 4.74 Å². The van der Waals surface area contributed by atoms with E-state index in [-0.39, 0.29) is 24.1 Å². The van der Waals surface area contributed by atoms with Crippen LogP contribution in [0.15, 0.2) is 48.5 Å². The van der Waals surface area contributed by atoms with Gasteiger partial charge in [0.15, 0.2) is 6.61 Å². The van der Waals surface area contributed by atoms with Crippen LogP contribution in [0.1, 0.15) is 34.7 Å². The fourth-order valence-corrected chi connectivity index (χ4v) is 4.03. The summed E-state index contributed by atoms with van der Waals surface area (Å²) in [6.45, 7) is 6.24. The summed E-state index contributed by atoms with van der Waals surface area (Å²) in [6.07, 6.45) is 0. The highest BCUT2D eigenvalue weighted by Crippen LogP contribution is 2.34. The maximum Gasteiger partial charge on any atom is 0.270 e. The van der Waals surface area contributed by atoms with Gasteiger partial charge >= 0.3 is 0 Å². The molecule has 0 aliphatic rings. The average molecular weight is 453 g/mol. The van der Waals surface area contributed by atoms with E-state index in [9.17, 15) is 14.9 Å². The van der Waals surface area contributed by atoms with Gasteiger partial charge in [0.05, 0.1) is 24.7 Å². The van der Waals surface area contributed by atoms with Gasteiger partial charge in [-0.2, -0.15) is 0 Å². The van der Waals surface area contributed by atoms with Gasteiger partial charge in [0.2, 0.25) is 5.78 Å². The third-order valence-electron chi connectivity index (χ3n) is 5.57. The van der Waals surface area contributed by atoms with E-state index in [1.54, 1.807) is 38.5 Å². The molecule has 8 heteroatoms. The minimum absolute atomic E-state index is 0.0600. The van der Waals surface area contributed by atoms with Crippen LogP contribution < -0.4 is 9.47 Å². The zero-order chi connectivity index (χ0) is 24.1. The average Bonchev–Trinajstić information content (AvgIpc) is 3.11. The topological polar surface area (TPSA) is 92.8 Å². The Balaban J connectivity index is 1.87. The first-order valence-electron chi connectivity index (χ1n) is 10.5. The summed E-state index contributed by atoms with van der Waals surface area (Å²) in [5.41, 5.74) is 3.59. The fourth-order valence-electron chi connectivity index (χ4n) is 4.03. The molecule has 8 nitrogen and oxygen atoms in total. The predicted octanol–water partition coefficient (Wildman–Crippen LogP) is 5.16. The molecule has 0 aliphatic heterocycles. The third-order valence-corrected chi connectivity index (χ3v) is 5.57. The lowest BCUT2D eigenvalue weighted by Gasteiger charge is -2.17. The van der Waals surface area contributed by atoms with Gasteiger partial charge in [-0.1, -0.05) is 12.1 Å². The molecule has 0 saturated heterocycles. The first-order chi connectivity index (χ1) is 15.8. The Bertz CT molecular complexity index is 1150. The van der Waals surface area contributed by atoms with Crippen molar-refractivity contribution in [1.29, 1.82) is 0 Å². The number of hydrogen-bond acceptors (Lipinski definition) is 6. The van der Waals surface area contributed by atoms with Gasteiger partial charge in [-0.25, -0.2) is 0 Å². The molecular weight excluding hydrogens is 424 g/mol. The molecule has 1 atom stereocenters. The van der Waals surface area contributed by atoms with Gasteiger partial charge in [0.25, 0.3) is 5.69 Å². The number of ketones is 1. The molecule has 1 aromatic heterocycles. The summed E-state index contributed by atoms with van der Waals surface area (Å²) in [6, 6.07) is 13.4. The monoisotopic (exact) mass is 452 g/mol. The van der Waals surface area contributed by atoms with Crippen LogP contribution in [0.5, 0.6) is 11.5 Å². The SMILES string of the molecule is COC[C@@H](C)n1c(C)cc(C(=O)COc2ccc([N+](=O)[O-])cc2-c2ccc(OC)cc2)c1C. The van der Waals surface area contributed by atoms with Gasteiger partial charge in [0, 0.05) is 41.8 Å². The summed E-state index contributed by atoms with van der Waals surface area (Å²) in [4.78, 5) is 23.8. The molecule has 2 aromatic carbocycles. The molecule has 3 aromatic rings. The van der Waals surface area contributed by atoms with E-state index < -0.39 is 4.92 Å². The maximum atomic E-state index is 13.0. The number of nitrogens with zero attached hydrogens (tertiary/aromatic N) is 2. The number of methoxy groups -OCH3 is 2. The van der Waals surface area contributed by atoms with Crippen LogP contribution in [0.2, 0.25) is 0 Å². The number of benzene rings is 2. The molecule has 0 spiro atoms. The Labute approximate surface area is 192 Å². The Kier molecular flexibility index (Phi) is 7.50. The highest BCUT2D eigenvalue weighted by molar-refractivity contribution is 5.98.